The van der Waals surface area contributed by atoms with Gasteiger partial charge in [0.05, 0.1) is 22.8 Å². The van der Waals surface area contributed by atoms with Crippen LogP contribution in [0.2, 0.25) is 0 Å². The fraction of sp³-hybridized carbons (Fsp3) is 0.426. The van der Waals surface area contributed by atoms with Crippen molar-refractivity contribution in [1.82, 2.24) is 24.6 Å². The molecule has 0 aliphatic carbocycles. The van der Waals surface area contributed by atoms with Crippen molar-refractivity contribution in [3.8, 4) is 5.75 Å². The highest BCUT2D eigenvalue weighted by Crippen LogP contribution is 2.43. The Kier molecular flexibility index (Phi) is 13.5. The quantitative estimate of drug-likeness (QED) is 0.0637. The van der Waals surface area contributed by atoms with Crippen LogP contribution in [0.3, 0.4) is 0 Å². The number of phenolic OH excluding ortho intramolecular Hbond substituents is 1. The molecule has 3 aliphatic heterocycles. The molecule has 1 atom stereocenters. The smallest absolute Gasteiger partial charge is 0.258 e. The highest BCUT2D eigenvalue weighted by molar-refractivity contribution is 5.94. The number of para-hydroxylation sites is 1. The number of nitrogens with zero attached hydrogens (tertiary/aromatic N) is 5. The number of alkyl halides is 3. The number of phenols is 1. The zero-order valence-corrected chi connectivity index (χ0v) is 36.2. The fourth-order valence-electron chi connectivity index (χ4n) is 9.49. The molecule has 4 heterocycles. The molecule has 0 bridgehead atoms. The van der Waals surface area contributed by atoms with Crippen LogP contribution in [0, 0.1) is 12.7 Å². The maximum Gasteiger partial charge on any atom is 0.258 e. The van der Waals surface area contributed by atoms with Gasteiger partial charge >= 0.3 is 0 Å². The van der Waals surface area contributed by atoms with E-state index in [0.29, 0.717) is 52.8 Å². The lowest BCUT2D eigenvalue weighted by molar-refractivity contribution is -0.125. The zero-order chi connectivity index (χ0) is 45.9. The van der Waals surface area contributed by atoms with Crippen molar-refractivity contribution >= 4 is 40.5 Å². The van der Waals surface area contributed by atoms with E-state index >= 15 is 17.6 Å². The predicted molar refractivity (Wildman–Crippen MR) is 238 cm³/mol. The van der Waals surface area contributed by atoms with Crippen LogP contribution in [0.5, 0.6) is 5.75 Å². The maximum atomic E-state index is 16.4. The van der Waals surface area contributed by atoms with Crippen molar-refractivity contribution in [2.45, 2.75) is 69.0 Å². The van der Waals surface area contributed by atoms with E-state index in [2.05, 4.69) is 14.8 Å². The minimum absolute atomic E-state index is 0.0364. The molecule has 8 N–H and O–H groups in total. The molecule has 4 aromatic rings. The standard InChI is InChI=1S/C47H57F4N9O4/c1-30-25-31(7-8-33(30)36-27-59(24-17-47(36,50)51)40(44(53)54)26-37(52)34-5-3-4-6-41(34)62)45(64)58-22-15-46(49,16-23-58)28-57-19-11-32(12-20-57)60-21-13-35-38(60)9-10-39(43(35)48)56(2)18-14-42(63)55-29-61/h3-10,13,21,25-26,29,32,36,62H,11-12,14-20,22-24,27-28,52-54H2,1-2H3,(H,55,61,63)/b37-26-. The normalized spacial score (nSPS) is 19.3. The fourth-order valence-corrected chi connectivity index (χ4v) is 9.49. The minimum Gasteiger partial charge on any atom is -0.507 e. The average Bonchev–Trinajstić information content (AvgIpc) is 3.70. The van der Waals surface area contributed by atoms with Crippen molar-refractivity contribution in [3.05, 3.63) is 113 Å². The molecule has 0 saturated carbocycles. The summed E-state index contributed by atoms with van der Waals surface area (Å²) in [5.41, 5.74) is 20.0. The highest BCUT2D eigenvalue weighted by Gasteiger charge is 2.46. The summed E-state index contributed by atoms with van der Waals surface area (Å²) in [6.45, 7) is 3.79. The summed E-state index contributed by atoms with van der Waals surface area (Å²) in [7, 11) is 1.69. The molecule has 1 aromatic heterocycles. The van der Waals surface area contributed by atoms with E-state index in [1.54, 1.807) is 77.2 Å². The van der Waals surface area contributed by atoms with Crippen LogP contribution < -0.4 is 27.4 Å². The van der Waals surface area contributed by atoms with Gasteiger partial charge in [-0.15, -0.1) is 0 Å². The third-order valence-electron chi connectivity index (χ3n) is 13.2. The van der Waals surface area contributed by atoms with Crippen LogP contribution in [-0.4, -0.2) is 114 Å². The molecule has 7 rings (SSSR count). The summed E-state index contributed by atoms with van der Waals surface area (Å²) < 4.78 is 65.4. The van der Waals surface area contributed by atoms with Crippen molar-refractivity contribution in [3.63, 3.8) is 0 Å². The number of rotatable bonds is 13. The maximum absolute atomic E-state index is 16.4. The lowest BCUT2D eigenvalue weighted by Crippen LogP contribution is -2.51. The highest BCUT2D eigenvalue weighted by atomic mass is 19.3. The molecule has 342 valence electrons. The molecular weight excluding hydrogens is 831 g/mol. The molecule has 3 amide bonds. The Morgan fingerprint density at radius 2 is 1.64 bits per heavy atom. The molecule has 17 heteroatoms. The number of amides is 3. The van der Waals surface area contributed by atoms with Crippen molar-refractivity contribution < 1.29 is 37.1 Å². The van der Waals surface area contributed by atoms with Crippen LogP contribution in [0.4, 0.5) is 23.2 Å². The SMILES string of the molecule is Cc1cc(C(=O)N2CCC(F)(CN3CCC(n4ccc5c(F)c(N(C)CCC(=O)NC=O)ccc54)CC3)CC2)ccc1C1CN(C(/C=C(\N)c2ccccc2O)=C(N)N)CCC1(F)F. The molecule has 3 aromatic carbocycles. The van der Waals surface area contributed by atoms with Crippen LogP contribution >= 0.6 is 0 Å². The number of likely N-dealkylation sites (tertiary alicyclic amines) is 3. The number of hydrogen-bond acceptors (Lipinski definition) is 10. The second-order valence-electron chi connectivity index (χ2n) is 17.4. The summed E-state index contributed by atoms with van der Waals surface area (Å²) in [4.78, 5) is 43.0. The van der Waals surface area contributed by atoms with Gasteiger partial charge in [0.2, 0.25) is 12.3 Å². The zero-order valence-electron chi connectivity index (χ0n) is 36.2. The van der Waals surface area contributed by atoms with Crippen molar-refractivity contribution in [2.75, 3.05) is 64.3 Å². The molecule has 64 heavy (non-hydrogen) atoms. The number of allylic oxidation sites excluding steroid dienone is 1. The van der Waals surface area contributed by atoms with Gasteiger partial charge in [-0.1, -0.05) is 18.2 Å². The van der Waals surface area contributed by atoms with Gasteiger partial charge in [0.25, 0.3) is 11.8 Å². The van der Waals surface area contributed by atoms with Crippen LogP contribution in [0.25, 0.3) is 16.6 Å². The topological polar surface area (TPSA) is 179 Å². The van der Waals surface area contributed by atoms with E-state index < -0.39 is 29.8 Å². The summed E-state index contributed by atoms with van der Waals surface area (Å²) in [5, 5.41) is 12.8. The number of piperidine rings is 3. The van der Waals surface area contributed by atoms with E-state index in [4.69, 9.17) is 17.2 Å². The van der Waals surface area contributed by atoms with Gasteiger partial charge < -0.3 is 46.5 Å². The number of benzene rings is 3. The van der Waals surface area contributed by atoms with Crippen molar-refractivity contribution in [2.24, 2.45) is 17.2 Å². The summed E-state index contributed by atoms with van der Waals surface area (Å²) >= 11 is 0. The number of aryl methyl sites for hydroxylation is 1. The Hall–Kier alpha value is -6.23. The van der Waals surface area contributed by atoms with E-state index in [-0.39, 0.29) is 99.3 Å². The lowest BCUT2D eigenvalue weighted by Gasteiger charge is -2.41. The van der Waals surface area contributed by atoms with Gasteiger partial charge in [-0.05, 0) is 79.4 Å². The Morgan fingerprint density at radius 1 is 0.938 bits per heavy atom. The van der Waals surface area contributed by atoms with E-state index in [1.165, 1.54) is 12.1 Å². The molecule has 13 nitrogen and oxygen atoms in total. The van der Waals surface area contributed by atoms with Gasteiger partial charge in [-0.3, -0.25) is 19.7 Å². The van der Waals surface area contributed by atoms with Gasteiger partial charge in [0, 0.05) is 120 Å². The molecule has 3 saturated heterocycles. The van der Waals surface area contributed by atoms with Crippen molar-refractivity contribution in [1.29, 1.82) is 0 Å². The lowest BCUT2D eigenvalue weighted by atomic mass is 9.83. The number of nitrogens with two attached hydrogens (primary N) is 3. The first-order chi connectivity index (χ1) is 30.5. The predicted octanol–water partition coefficient (Wildman–Crippen LogP) is 5.69. The second-order valence-corrected chi connectivity index (χ2v) is 17.4. The number of imide groups is 1. The van der Waals surface area contributed by atoms with Crippen LogP contribution in [0.15, 0.2) is 84.5 Å². The summed E-state index contributed by atoms with van der Waals surface area (Å²) in [6, 6.07) is 16.6. The third-order valence-corrected chi connectivity index (χ3v) is 13.2. The van der Waals surface area contributed by atoms with Crippen LogP contribution in [-0.2, 0) is 9.59 Å². The number of fused-ring (bicyclic) bond motifs is 1. The number of carbonyl (C=O) groups is 3. The number of halogens is 4. The minimum atomic E-state index is -3.07. The first-order valence-electron chi connectivity index (χ1n) is 21.7. The Balaban J connectivity index is 0.930. The second kappa shape index (κ2) is 18.9. The molecule has 0 spiro atoms. The number of aromatic hydroxyl groups is 1. The number of hydrogen-bond donors (Lipinski definition) is 5. The van der Waals surface area contributed by atoms with Gasteiger partial charge in [-0.25, -0.2) is 17.6 Å². The average molecular weight is 888 g/mol. The van der Waals surface area contributed by atoms with Crippen LogP contribution in [0.1, 0.15) is 77.5 Å². The van der Waals surface area contributed by atoms with E-state index in [1.807, 2.05) is 12.3 Å². The number of nitrogens with one attached hydrogen (secondary N) is 1. The number of carbonyl (C=O) groups excluding carboxylic acids is 3. The number of aromatic nitrogens is 1. The summed E-state index contributed by atoms with van der Waals surface area (Å²) in [5.74, 6) is -5.58. The number of anilines is 1. The summed E-state index contributed by atoms with van der Waals surface area (Å²) in [6.07, 6.45) is 5.11. The van der Waals surface area contributed by atoms with Gasteiger partial charge in [0.1, 0.15) is 17.2 Å². The monoisotopic (exact) mass is 887 g/mol. The van der Waals surface area contributed by atoms with E-state index in [9.17, 15) is 19.5 Å². The molecule has 3 aliphatic rings. The Bertz CT molecular complexity index is 2440. The van der Waals surface area contributed by atoms with E-state index in [0.717, 1.165) is 18.4 Å². The first kappa shape index (κ1) is 45.8. The third kappa shape index (κ3) is 9.78. The molecular formula is C47H57F4N9O4. The molecule has 1 unspecified atom stereocenters. The Morgan fingerprint density at radius 3 is 2.31 bits per heavy atom. The van der Waals surface area contributed by atoms with Gasteiger partial charge in [-0.2, -0.15) is 0 Å². The first-order valence-corrected chi connectivity index (χ1v) is 21.7. The largest absolute Gasteiger partial charge is 0.507 e. The molecule has 3 fully saturated rings. The molecule has 0 radical (unpaired) electrons. The van der Waals surface area contributed by atoms with Gasteiger partial charge in [0.15, 0.2) is 5.82 Å². The Labute approximate surface area is 370 Å².